The lowest BCUT2D eigenvalue weighted by molar-refractivity contribution is -0.151. The Bertz CT molecular complexity index is 357. The van der Waals surface area contributed by atoms with Crippen LogP contribution in [0.4, 0.5) is 0 Å². The van der Waals surface area contributed by atoms with E-state index < -0.39 is 11.4 Å². The molecule has 0 unspecified atom stereocenters. The van der Waals surface area contributed by atoms with E-state index in [2.05, 4.69) is 31.2 Å². The molecule has 0 aliphatic rings. The highest BCUT2D eigenvalue weighted by Gasteiger charge is 2.41. The van der Waals surface area contributed by atoms with E-state index in [0.29, 0.717) is 0 Å². The van der Waals surface area contributed by atoms with Crippen LogP contribution in [0.3, 0.4) is 0 Å². The van der Waals surface area contributed by atoms with Crippen molar-refractivity contribution < 1.29 is 9.90 Å². The number of hydrogen-bond donors (Lipinski definition) is 1. The van der Waals surface area contributed by atoms with Crippen LogP contribution < -0.4 is 0 Å². The number of carboxylic acid groups (broad SMARTS) is 1. The smallest absolute Gasteiger partial charge is 0.309 e. The second kappa shape index (κ2) is 7.98. The summed E-state index contributed by atoms with van der Waals surface area (Å²) in [6.07, 6.45) is 15.5. The third-order valence-corrected chi connectivity index (χ3v) is 3.79. The van der Waals surface area contributed by atoms with E-state index in [1.807, 2.05) is 26.0 Å². The molecule has 0 aromatic heterocycles. The van der Waals surface area contributed by atoms with Crippen LogP contribution >= 0.6 is 0 Å². The average Bonchev–Trinajstić information content (AvgIpc) is 2.32. The molecular weight excluding hydrogens is 236 g/mol. The molecule has 0 atom stereocenters. The highest BCUT2D eigenvalue weighted by molar-refractivity contribution is 5.75. The summed E-state index contributed by atoms with van der Waals surface area (Å²) in [5.74, 6) is -0.762. The van der Waals surface area contributed by atoms with Gasteiger partial charge in [0.2, 0.25) is 0 Å². The van der Waals surface area contributed by atoms with Crippen LogP contribution in [-0.2, 0) is 4.79 Å². The summed E-state index contributed by atoms with van der Waals surface area (Å²) in [6, 6.07) is 0. The molecule has 0 aromatic carbocycles. The van der Waals surface area contributed by atoms with Gasteiger partial charge in [-0.3, -0.25) is 4.79 Å². The molecule has 0 saturated carbocycles. The minimum Gasteiger partial charge on any atom is -0.481 e. The van der Waals surface area contributed by atoms with Crippen molar-refractivity contribution in [2.24, 2.45) is 10.8 Å². The Balaban J connectivity index is 4.33. The topological polar surface area (TPSA) is 37.3 Å². The van der Waals surface area contributed by atoms with E-state index in [-0.39, 0.29) is 5.41 Å². The van der Waals surface area contributed by atoms with Gasteiger partial charge in [0.15, 0.2) is 0 Å². The van der Waals surface area contributed by atoms with Crippen molar-refractivity contribution >= 4 is 5.97 Å². The lowest BCUT2D eigenvalue weighted by atomic mass is 9.68. The maximum Gasteiger partial charge on any atom is 0.309 e. The van der Waals surface area contributed by atoms with Crippen molar-refractivity contribution in [2.75, 3.05) is 0 Å². The zero-order chi connectivity index (χ0) is 14.9. The third kappa shape index (κ3) is 5.91. The van der Waals surface area contributed by atoms with Crippen LogP contribution in [-0.4, -0.2) is 11.1 Å². The highest BCUT2D eigenvalue weighted by Crippen LogP contribution is 2.39. The third-order valence-electron chi connectivity index (χ3n) is 3.79. The molecule has 0 aliphatic carbocycles. The molecule has 2 nitrogen and oxygen atoms in total. The monoisotopic (exact) mass is 264 g/mol. The molecule has 108 valence electrons. The lowest BCUT2D eigenvalue weighted by Gasteiger charge is -2.35. The number of hydrogen-bond acceptors (Lipinski definition) is 1. The van der Waals surface area contributed by atoms with Crippen LogP contribution in [0.1, 0.15) is 53.9 Å². The number of carbonyl (C=O) groups is 1. The number of carboxylic acids is 1. The minimum atomic E-state index is -0.767. The van der Waals surface area contributed by atoms with Crippen LogP contribution in [0.5, 0.6) is 0 Å². The van der Waals surface area contributed by atoms with Crippen molar-refractivity contribution in [3.63, 3.8) is 0 Å². The molecule has 0 radical (unpaired) electrons. The van der Waals surface area contributed by atoms with Crippen molar-refractivity contribution in [3.8, 4) is 0 Å². The lowest BCUT2D eigenvalue weighted by Crippen LogP contribution is -2.38. The zero-order valence-electron chi connectivity index (χ0n) is 12.9. The minimum absolute atomic E-state index is 0.366. The summed E-state index contributed by atoms with van der Waals surface area (Å²) >= 11 is 0. The molecule has 1 N–H and O–H groups in total. The summed E-state index contributed by atoms with van der Waals surface area (Å²) in [5.41, 5.74) is -1.13. The Hall–Kier alpha value is -1.31. The maximum absolute atomic E-state index is 11.2. The number of allylic oxidation sites excluding steroid dienone is 6. The quantitative estimate of drug-likeness (QED) is 0.628. The maximum atomic E-state index is 11.2. The molecule has 2 heteroatoms. The van der Waals surface area contributed by atoms with E-state index in [9.17, 15) is 9.90 Å². The van der Waals surface area contributed by atoms with Gasteiger partial charge in [-0.05, 0) is 38.5 Å². The predicted molar refractivity (Wildman–Crippen MR) is 82.1 cm³/mol. The van der Waals surface area contributed by atoms with Gasteiger partial charge in [0.1, 0.15) is 0 Å². The number of rotatable bonds is 8. The fourth-order valence-electron chi connectivity index (χ4n) is 1.46. The normalized spacial score (nSPS) is 13.9. The van der Waals surface area contributed by atoms with Crippen LogP contribution in [0.15, 0.2) is 36.5 Å². The molecule has 0 saturated heterocycles. The Morgan fingerprint density at radius 3 is 1.89 bits per heavy atom. The van der Waals surface area contributed by atoms with Crippen molar-refractivity contribution in [3.05, 3.63) is 36.5 Å². The van der Waals surface area contributed by atoms with Crippen molar-refractivity contribution in [1.82, 2.24) is 0 Å². The Morgan fingerprint density at radius 2 is 1.42 bits per heavy atom. The summed E-state index contributed by atoms with van der Waals surface area (Å²) in [6.45, 7) is 9.59. The fraction of sp³-hybridized carbons (Fsp3) is 0.588. The Labute approximate surface area is 117 Å². The van der Waals surface area contributed by atoms with Crippen molar-refractivity contribution in [2.45, 2.75) is 53.9 Å². The molecule has 0 heterocycles. The molecule has 0 aliphatic heterocycles. The number of aliphatic carboxylic acids is 1. The molecule has 0 amide bonds. The Kier molecular flexibility index (Phi) is 7.43. The molecule has 0 aromatic rings. The van der Waals surface area contributed by atoms with E-state index >= 15 is 0 Å². The fourth-order valence-corrected chi connectivity index (χ4v) is 1.46. The van der Waals surface area contributed by atoms with Gasteiger partial charge in [-0.25, -0.2) is 0 Å². The summed E-state index contributed by atoms with van der Waals surface area (Å²) in [7, 11) is 0. The first-order chi connectivity index (χ1) is 8.75. The van der Waals surface area contributed by atoms with Crippen LogP contribution in [0, 0.1) is 10.8 Å². The summed E-state index contributed by atoms with van der Waals surface area (Å²) in [4.78, 5) is 11.2. The second-order valence-corrected chi connectivity index (χ2v) is 5.88. The Morgan fingerprint density at radius 1 is 0.947 bits per heavy atom. The first-order valence-corrected chi connectivity index (χ1v) is 6.96. The van der Waals surface area contributed by atoms with Gasteiger partial charge in [0.25, 0.3) is 0 Å². The molecule has 0 spiro atoms. The summed E-state index contributed by atoms with van der Waals surface area (Å²) < 4.78 is 0. The van der Waals surface area contributed by atoms with Gasteiger partial charge >= 0.3 is 5.97 Å². The van der Waals surface area contributed by atoms with Gasteiger partial charge in [-0.2, -0.15) is 0 Å². The van der Waals surface area contributed by atoms with E-state index in [1.165, 1.54) is 0 Å². The van der Waals surface area contributed by atoms with Gasteiger partial charge in [0, 0.05) is 0 Å². The van der Waals surface area contributed by atoms with E-state index in [1.54, 1.807) is 13.8 Å². The first-order valence-electron chi connectivity index (χ1n) is 6.96. The molecule has 0 bridgehead atoms. The van der Waals surface area contributed by atoms with Gasteiger partial charge in [-0.15, -0.1) is 0 Å². The summed E-state index contributed by atoms with van der Waals surface area (Å²) in [5, 5.41) is 9.24. The van der Waals surface area contributed by atoms with Gasteiger partial charge in [-0.1, -0.05) is 57.2 Å². The first kappa shape index (κ1) is 17.7. The van der Waals surface area contributed by atoms with E-state index in [4.69, 9.17) is 0 Å². The van der Waals surface area contributed by atoms with Crippen LogP contribution in [0.2, 0.25) is 0 Å². The highest BCUT2D eigenvalue weighted by atomic mass is 16.4. The molecular formula is C17H28O2. The standard InChI is InChI=1S/C17H28O2/c1-6-7-8-9-10-11-12-13-14-16(2,3)17(4,5)15(18)19/h7-8,10-11,13-14H,6,9,12H2,1-5H3,(H,18,19)/b8-7-,11-10-,14-13-. The SMILES string of the molecule is CC/C=C\C/C=C\C/C=C\C(C)(C)C(C)(C)C(=O)O. The van der Waals surface area contributed by atoms with Gasteiger partial charge < -0.3 is 5.11 Å². The van der Waals surface area contributed by atoms with E-state index in [0.717, 1.165) is 19.3 Å². The zero-order valence-corrected chi connectivity index (χ0v) is 12.9. The molecule has 0 fully saturated rings. The second-order valence-electron chi connectivity index (χ2n) is 5.88. The average molecular weight is 264 g/mol. The largest absolute Gasteiger partial charge is 0.481 e. The van der Waals surface area contributed by atoms with Gasteiger partial charge in [0.05, 0.1) is 5.41 Å². The molecule has 0 rings (SSSR count). The van der Waals surface area contributed by atoms with Crippen molar-refractivity contribution in [1.29, 1.82) is 0 Å². The predicted octanol–water partition coefficient (Wildman–Crippen LogP) is 4.98. The van der Waals surface area contributed by atoms with Crippen LogP contribution in [0.25, 0.3) is 0 Å². The molecule has 19 heavy (non-hydrogen) atoms.